The summed E-state index contributed by atoms with van der Waals surface area (Å²) in [4.78, 5) is 2.39. The van der Waals surface area contributed by atoms with Crippen LogP contribution in [-0.2, 0) is 6.42 Å². The van der Waals surface area contributed by atoms with E-state index in [-0.39, 0.29) is 12.4 Å². The van der Waals surface area contributed by atoms with Gasteiger partial charge in [0.1, 0.15) is 0 Å². The molecule has 0 amide bonds. The number of ether oxygens (including phenoxy) is 1. The summed E-state index contributed by atoms with van der Waals surface area (Å²) in [7, 11) is 2.19. The minimum atomic E-state index is 0. The fourth-order valence-electron chi connectivity index (χ4n) is 2.72. The number of fused-ring (bicyclic) bond motifs is 1. The number of hydrogen-bond acceptors (Lipinski definition) is 3. The zero-order chi connectivity index (χ0) is 16.6. The van der Waals surface area contributed by atoms with Crippen LogP contribution in [0.25, 0.3) is 5.52 Å². The maximum Gasteiger partial charge on any atom is 0.233 e. The Hall–Kier alpha value is -2.04. The van der Waals surface area contributed by atoms with Crippen molar-refractivity contribution in [3.05, 3.63) is 66.4 Å². The lowest BCUT2D eigenvalue weighted by atomic mass is 10.1. The Morgan fingerprint density at radius 3 is 2.60 bits per heavy atom. The molecule has 3 rings (SSSR count). The van der Waals surface area contributed by atoms with E-state index in [0.717, 1.165) is 44.5 Å². The third kappa shape index (κ3) is 6.07. The van der Waals surface area contributed by atoms with Gasteiger partial charge in [-0.1, -0.05) is 36.4 Å². The van der Waals surface area contributed by atoms with Crippen molar-refractivity contribution in [2.75, 3.05) is 26.7 Å². The molecule has 0 aliphatic carbocycles. The summed E-state index contributed by atoms with van der Waals surface area (Å²) in [6.45, 7) is 2.91. The minimum absolute atomic E-state index is 0. The number of pyridine rings is 1. The highest BCUT2D eigenvalue weighted by Crippen LogP contribution is 2.12. The molecule has 2 aromatic heterocycles. The molecule has 0 spiro atoms. The van der Waals surface area contributed by atoms with Crippen LogP contribution in [0.5, 0.6) is 5.88 Å². The van der Waals surface area contributed by atoms with E-state index < -0.39 is 0 Å². The summed E-state index contributed by atoms with van der Waals surface area (Å²) in [6.07, 6.45) is 5.22. The average Bonchev–Trinajstić information content (AvgIpc) is 3.03. The first-order valence-electron chi connectivity index (χ1n) is 8.61. The van der Waals surface area contributed by atoms with Gasteiger partial charge in [0, 0.05) is 18.8 Å². The van der Waals surface area contributed by atoms with Gasteiger partial charge >= 0.3 is 0 Å². The maximum atomic E-state index is 5.75. The van der Waals surface area contributed by atoms with Crippen LogP contribution in [0.15, 0.2) is 60.8 Å². The normalized spacial score (nSPS) is 10.8. The molecule has 1 aromatic carbocycles. The molecule has 0 saturated heterocycles. The number of likely N-dealkylation sites (N-methyl/N-ethyl adjacent to an activating group) is 1. The Balaban J connectivity index is 0.00000225. The summed E-state index contributed by atoms with van der Waals surface area (Å²) in [5, 5.41) is 4.39. The van der Waals surface area contributed by atoms with Crippen LogP contribution in [0, 0.1) is 0 Å². The Labute approximate surface area is 155 Å². The minimum Gasteiger partial charge on any atom is -0.477 e. The van der Waals surface area contributed by atoms with Crippen molar-refractivity contribution in [3.63, 3.8) is 0 Å². The summed E-state index contributed by atoms with van der Waals surface area (Å²) in [5.74, 6) is 0.707. The zero-order valence-corrected chi connectivity index (χ0v) is 15.5. The van der Waals surface area contributed by atoms with Gasteiger partial charge in [0.05, 0.1) is 12.1 Å². The number of nitrogens with zero attached hydrogens (tertiary/aromatic N) is 3. The van der Waals surface area contributed by atoms with E-state index in [2.05, 4.69) is 47.4 Å². The molecular weight excluding hydrogens is 334 g/mol. The largest absolute Gasteiger partial charge is 0.477 e. The van der Waals surface area contributed by atoms with Crippen molar-refractivity contribution >= 4 is 17.9 Å². The summed E-state index contributed by atoms with van der Waals surface area (Å²) in [6, 6.07) is 18.6. The number of benzene rings is 1. The summed E-state index contributed by atoms with van der Waals surface area (Å²) in [5.41, 5.74) is 2.47. The molecule has 5 heteroatoms. The SMILES string of the molecule is CN(CCCCOc1cc2ccccn2n1)CCc1ccccc1.Cl. The van der Waals surface area contributed by atoms with Crippen molar-refractivity contribution in [3.8, 4) is 5.88 Å². The lowest BCUT2D eigenvalue weighted by Crippen LogP contribution is -2.22. The second-order valence-corrected chi connectivity index (χ2v) is 6.15. The summed E-state index contributed by atoms with van der Waals surface area (Å²) < 4.78 is 7.59. The zero-order valence-electron chi connectivity index (χ0n) is 14.7. The Morgan fingerprint density at radius 2 is 1.80 bits per heavy atom. The number of hydrogen-bond donors (Lipinski definition) is 0. The maximum absolute atomic E-state index is 5.75. The van der Waals surface area contributed by atoms with Gasteiger partial charge in [-0.2, -0.15) is 0 Å². The van der Waals surface area contributed by atoms with Gasteiger partial charge in [0.2, 0.25) is 5.88 Å². The van der Waals surface area contributed by atoms with Gasteiger partial charge in [-0.05, 0) is 50.6 Å². The van der Waals surface area contributed by atoms with Gasteiger partial charge in [-0.15, -0.1) is 17.5 Å². The number of rotatable bonds is 9. The van der Waals surface area contributed by atoms with E-state index in [1.807, 2.05) is 35.0 Å². The molecule has 0 atom stereocenters. The molecule has 0 aliphatic heterocycles. The van der Waals surface area contributed by atoms with Crippen LogP contribution in [0.1, 0.15) is 18.4 Å². The highest BCUT2D eigenvalue weighted by molar-refractivity contribution is 5.85. The first kappa shape index (κ1) is 19.3. The molecule has 2 heterocycles. The lowest BCUT2D eigenvalue weighted by molar-refractivity contribution is 0.272. The Bertz CT molecular complexity index is 712. The first-order chi connectivity index (χ1) is 11.8. The van der Waals surface area contributed by atoms with Gasteiger partial charge in [0.25, 0.3) is 0 Å². The molecule has 0 unspecified atom stereocenters. The van der Waals surface area contributed by atoms with Gasteiger partial charge < -0.3 is 9.64 Å². The molecule has 134 valence electrons. The predicted octanol–water partition coefficient (Wildman–Crippen LogP) is 4.09. The molecular formula is C20H26ClN3O. The molecule has 3 aromatic rings. The summed E-state index contributed by atoms with van der Waals surface area (Å²) >= 11 is 0. The van der Waals surface area contributed by atoms with Crippen LogP contribution in [0.4, 0.5) is 0 Å². The van der Waals surface area contributed by atoms with Crippen LogP contribution < -0.4 is 4.74 Å². The van der Waals surface area contributed by atoms with E-state index in [1.165, 1.54) is 5.56 Å². The van der Waals surface area contributed by atoms with E-state index >= 15 is 0 Å². The fraction of sp³-hybridized carbons (Fsp3) is 0.350. The molecule has 0 bridgehead atoms. The van der Waals surface area contributed by atoms with Crippen molar-refractivity contribution < 1.29 is 4.74 Å². The number of unbranched alkanes of at least 4 members (excludes halogenated alkanes) is 1. The quantitative estimate of drug-likeness (QED) is 0.539. The highest BCUT2D eigenvalue weighted by atomic mass is 35.5. The van der Waals surface area contributed by atoms with Gasteiger partial charge in [0.15, 0.2) is 0 Å². The molecule has 4 nitrogen and oxygen atoms in total. The average molecular weight is 360 g/mol. The molecule has 0 aliphatic rings. The fourth-order valence-corrected chi connectivity index (χ4v) is 2.72. The third-order valence-electron chi connectivity index (χ3n) is 4.16. The van der Waals surface area contributed by atoms with E-state index in [0.29, 0.717) is 5.88 Å². The monoisotopic (exact) mass is 359 g/mol. The smallest absolute Gasteiger partial charge is 0.233 e. The van der Waals surface area contributed by atoms with E-state index in [4.69, 9.17) is 4.74 Å². The van der Waals surface area contributed by atoms with Gasteiger partial charge in [-0.3, -0.25) is 0 Å². The molecule has 25 heavy (non-hydrogen) atoms. The van der Waals surface area contributed by atoms with Crippen molar-refractivity contribution in [1.29, 1.82) is 0 Å². The van der Waals surface area contributed by atoms with Crippen molar-refractivity contribution in [2.24, 2.45) is 0 Å². The topological polar surface area (TPSA) is 29.8 Å². The van der Waals surface area contributed by atoms with Crippen molar-refractivity contribution in [1.82, 2.24) is 14.5 Å². The van der Waals surface area contributed by atoms with Crippen LogP contribution in [0.2, 0.25) is 0 Å². The molecule has 0 fully saturated rings. The Morgan fingerprint density at radius 1 is 1.00 bits per heavy atom. The Kier molecular flexibility index (Phi) is 7.76. The van der Waals surface area contributed by atoms with Crippen LogP contribution in [-0.4, -0.2) is 41.3 Å². The molecule has 0 N–H and O–H groups in total. The van der Waals surface area contributed by atoms with Crippen LogP contribution >= 0.6 is 12.4 Å². The van der Waals surface area contributed by atoms with Crippen molar-refractivity contribution in [2.45, 2.75) is 19.3 Å². The number of halogens is 1. The van der Waals surface area contributed by atoms with E-state index in [1.54, 1.807) is 0 Å². The third-order valence-corrected chi connectivity index (χ3v) is 4.16. The second-order valence-electron chi connectivity index (χ2n) is 6.15. The second kappa shape index (κ2) is 10.1. The predicted molar refractivity (Wildman–Crippen MR) is 105 cm³/mol. The molecule has 0 radical (unpaired) electrons. The van der Waals surface area contributed by atoms with Crippen LogP contribution in [0.3, 0.4) is 0 Å². The molecule has 0 saturated carbocycles. The van der Waals surface area contributed by atoms with Gasteiger partial charge in [-0.25, -0.2) is 4.52 Å². The first-order valence-corrected chi connectivity index (χ1v) is 8.61. The van der Waals surface area contributed by atoms with E-state index in [9.17, 15) is 0 Å². The number of aromatic nitrogens is 2. The standard InChI is InChI=1S/C20H25N3O.ClH/c1-22(15-12-18-9-3-2-4-10-18)13-7-8-16-24-20-17-19-11-5-6-14-23(19)21-20;/h2-6,9-11,14,17H,7-8,12-13,15-16H2,1H3;1H. The lowest BCUT2D eigenvalue weighted by Gasteiger charge is -2.16. The highest BCUT2D eigenvalue weighted by Gasteiger charge is 2.02.